The molecule has 24 heavy (non-hydrogen) atoms. The molecule has 1 N–H and O–H groups in total. The third-order valence-corrected chi connectivity index (χ3v) is 4.33. The van der Waals surface area contributed by atoms with E-state index in [9.17, 15) is 9.59 Å². The lowest BCUT2D eigenvalue weighted by atomic mass is 10.1. The number of benzene rings is 2. The van der Waals surface area contributed by atoms with Gasteiger partial charge in [0.15, 0.2) is 0 Å². The molecule has 2 rings (SSSR count). The highest BCUT2D eigenvalue weighted by atomic mass is 79.9. The second kappa shape index (κ2) is 8.11. The Morgan fingerprint density at radius 2 is 1.79 bits per heavy atom. The van der Waals surface area contributed by atoms with Gasteiger partial charge in [-0.05, 0) is 49.2 Å². The number of rotatable bonds is 5. The normalized spacial score (nSPS) is 10.3. The molecule has 0 bridgehead atoms. The van der Waals surface area contributed by atoms with E-state index in [1.165, 1.54) is 6.92 Å². The molecule has 126 valence electrons. The minimum absolute atomic E-state index is 0.0504. The zero-order chi connectivity index (χ0) is 17.7. The van der Waals surface area contributed by atoms with Gasteiger partial charge in [-0.15, -0.1) is 0 Å². The maximum atomic E-state index is 12.2. The first-order valence-electron chi connectivity index (χ1n) is 7.78. The van der Waals surface area contributed by atoms with Crippen LogP contribution in [0.4, 0.5) is 5.69 Å². The fraction of sp³-hybridized carbons (Fsp3) is 0.263. The standard InChI is InChI=1S/C19H21BrN2O2/c1-13-6-4-5-7-17(13)19(24)21-10-11-22(15(3)23)18-9-8-16(20)12-14(18)2/h4-9,12H,10-11H2,1-3H3,(H,21,24). The van der Waals surface area contributed by atoms with Crippen molar-refractivity contribution in [3.05, 3.63) is 63.6 Å². The summed E-state index contributed by atoms with van der Waals surface area (Å²) in [5.41, 5.74) is 3.45. The molecule has 0 heterocycles. The third-order valence-electron chi connectivity index (χ3n) is 3.84. The molecule has 0 aromatic heterocycles. The van der Waals surface area contributed by atoms with Crippen molar-refractivity contribution in [2.24, 2.45) is 0 Å². The summed E-state index contributed by atoms with van der Waals surface area (Å²) in [7, 11) is 0. The largest absolute Gasteiger partial charge is 0.350 e. The van der Waals surface area contributed by atoms with Crippen molar-refractivity contribution in [1.82, 2.24) is 5.32 Å². The number of halogens is 1. The quantitative estimate of drug-likeness (QED) is 0.845. The minimum atomic E-state index is -0.121. The van der Waals surface area contributed by atoms with Crippen molar-refractivity contribution in [2.75, 3.05) is 18.0 Å². The Morgan fingerprint density at radius 1 is 1.08 bits per heavy atom. The van der Waals surface area contributed by atoms with Gasteiger partial charge in [0, 0.05) is 35.7 Å². The molecule has 2 aromatic carbocycles. The highest BCUT2D eigenvalue weighted by Crippen LogP contribution is 2.23. The molecule has 0 spiro atoms. The highest BCUT2D eigenvalue weighted by Gasteiger charge is 2.15. The molecule has 0 radical (unpaired) electrons. The van der Waals surface area contributed by atoms with Gasteiger partial charge in [0.1, 0.15) is 0 Å². The molecular formula is C19H21BrN2O2. The SMILES string of the molecule is CC(=O)N(CCNC(=O)c1ccccc1C)c1ccc(Br)cc1C. The molecule has 0 aliphatic rings. The summed E-state index contributed by atoms with van der Waals surface area (Å²) in [5, 5.41) is 2.88. The van der Waals surface area contributed by atoms with E-state index < -0.39 is 0 Å². The Labute approximate surface area is 151 Å². The van der Waals surface area contributed by atoms with Crippen LogP contribution in [0.5, 0.6) is 0 Å². The molecule has 0 saturated carbocycles. The second-order valence-electron chi connectivity index (χ2n) is 5.67. The number of hydrogen-bond acceptors (Lipinski definition) is 2. The first-order chi connectivity index (χ1) is 11.4. The van der Waals surface area contributed by atoms with Crippen molar-refractivity contribution < 1.29 is 9.59 Å². The predicted octanol–water partition coefficient (Wildman–Crippen LogP) is 3.85. The number of nitrogens with one attached hydrogen (secondary N) is 1. The summed E-state index contributed by atoms with van der Waals surface area (Å²) in [6.07, 6.45) is 0. The molecule has 0 aliphatic carbocycles. The smallest absolute Gasteiger partial charge is 0.251 e. The number of hydrogen-bond donors (Lipinski definition) is 1. The fourth-order valence-corrected chi connectivity index (χ4v) is 3.05. The van der Waals surface area contributed by atoms with E-state index >= 15 is 0 Å². The number of anilines is 1. The van der Waals surface area contributed by atoms with Gasteiger partial charge in [-0.2, -0.15) is 0 Å². The lowest BCUT2D eigenvalue weighted by molar-refractivity contribution is -0.116. The Bertz CT molecular complexity index is 759. The van der Waals surface area contributed by atoms with Crippen LogP contribution in [0.3, 0.4) is 0 Å². The lowest BCUT2D eigenvalue weighted by Crippen LogP contribution is -2.38. The van der Waals surface area contributed by atoms with Gasteiger partial charge in [0.05, 0.1) is 0 Å². The van der Waals surface area contributed by atoms with Crippen molar-refractivity contribution in [3.8, 4) is 0 Å². The van der Waals surface area contributed by atoms with Crippen LogP contribution in [-0.4, -0.2) is 24.9 Å². The van der Waals surface area contributed by atoms with Crippen molar-refractivity contribution in [2.45, 2.75) is 20.8 Å². The molecule has 2 amide bonds. The first kappa shape index (κ1) is 18.2. The highest BCUT2D eigenvalue weighted by molar-refractivity contribution is 9.10. The van der Waals surface area contributed by atoms with E-state index in [1.54, 1.807) is 11.0 Å². The maximum Gasteiger partial charge on any atom is 0.251 e. The van der Waals surface area contributed by atoms with Crippen molar-refractivity contribution >= 4 is 33.4 Å². The van der Waals surface area contributed by atoms with Crippen LogP contribution >= 0.6 is 15.9 Å². The van der Waals surface area contributed by atoms with Gasteiger partial charge in [-0.25, -0.2) is 0 Å². The predicted molar refractivity (Wildman–Crippen MR) is 100 cm³/mol. The summed E-state index contributed by atoms with van der Waals surface area (Å²) >= 11 is 3.43. The van der Waals surface area contributed by atoms with E-state index in [4.69, 9.17) is 0 Å². The average Bonchev–Trinajstić information content (AvgIpc) is 2.52. The molecule has 4 nitrogen and oxygen atoms in total. The monoisotopic (exact) mass is 388 g/mol. The minimum Gasteiger partial charge on any atom is -0.350 e. The Balaban J connectivity index is 2.04. The summed E-state index contributed by atoms with van der Waals surface area (Å²) in [4.78, 5) is 25.9. The zero-order valence-corrected chi connectivity index (χ0v) is 15.7. The number of carbonyl (C=O) groups is 2. The first-order valence-corrected chi connectivity index (χ1v) is 8.57. The van der Waals surface area contributed by atoms with E-state index in [0.717, 1.165) is 21.3 Å². The second-order valence-corrected chi connectivity index (χ2v) is 6.59. The van der Waals surface area contributed by atoms with Gasteiger partial charge in [-0.1, -0.05) is 34.1 Å². The Hall–Kier alpha value is -2.14. The molecule has 0 unspecified atom stereocenters. The average molecular weight is 389 g/mol. The molecule has 0 atom stereocenters. The molecular weight excluding hydrogens is 368 g/mol. The van der Waals surface area contributed by atoms with Gasteiger partial charge >= 0.3 is 0 Å². The number of aryl methyl sites for hydroxylation is 2. The van der Waals surface area contributed by atoms with Gasteiger partial charge in [0.2, 0.25) is 5.91 Å². The Morgan fingerprint density at radius 3 is 2.42 bits per heavy atom. The number of amides is 2. The summed E-state index contributed by atoms with van der Waals surface area (Å²) in [5.74, 6) is -0.172. The van der Waals surface area contributed by atoms with Crippen LogP contribution in [0.1, 0.15) is 28.4 Å². The third kappa shape index (κ3) is 4.45. The van der Waals surface area contributed by atoms with Crippen LogP contribution in [0.25, 0.3) is 0 Å². The van der Waals surface area contributed by atoms with Crippen LogP contribution in [0.15, 0.2) is 46.9 Å². The molecule has 0 saturated heterocycles. The Kier molecular flexibility index (Phi) is 6.15. The van der Waals surface area contributed by atoms with Crippen LogP contribution in [0.2, 0.25) is 0 Å². The van der Waals surface area contributed by atoms with Crippen molar-refractivity contribution in [1.29, 1.82) is 0 Å². The maximum absolute atomic E-state index is 12.2. The number of nitrogens with zero attached hydrogens (tertiary/aromatic N) is 1. The van der Waals surface area contributed by atoms with Gasteiger partial charge < -0.3 is 10.2 Å². The molecule has 5 heteroatoms. The van der Waals surface area contributed by atoms with E-state index in [2.05, 4.69) is 21.2 Å². The topological polar surface area (TPSA) is 49.4 Å². The summed E-state index contributed by atoms with van der Waals surface area (Å²) in [6.45, 7) is 6.21. The van der Waals surface area contributed by atoms with Gasteiger partial charge in [0.25, 0.3) is 5.91 Å². The van der Waals surface area contributed by atoms with E-state index in [1.807, 2.05) is 50.2 Å². The number of carbonyl (C=O) groups excluding carboxylic acids is 2. The van der Waals surface area contributed by atoms with Crippen molar-refractivity contribution in [3.63, 3.8) is 0 Å². The van der Waals surface area contributed by atoms with E-state index in [-0.39, 0.29) is 11.8 Å². The molecule has 0 fully saturated rings. The van der Waals surface area contributed by atoms with Crippen LogP contribution in [0, 0.1) is 13.8 Å². The zero-order valence-electron chi connectivity index (χ0n) is 14.1. The van der Waals surface area contributed by atoms with Gasteiger partial charge in [-0.3, -0.25) is 9.59 Å². The summed E-state index contributed by atoms with van der Waals surface area (Å²) < 4.78 is 0.972. The van der Waals surface area contributed by atoms with E-state index in [0.29, 0.717) is 18.7 Å². The lowest BCUT2D eigenvalue weighted by Gasteiger charge is -2.23. The molecule has 2 aromatic rings. The van der Waals surface area contributed by atoms with Crippen LogP contribution < -0.4 is 10.2 Å². The fourth-order valence-electron chi connectivity index (χ4n) is 2.57. The summed E-state index contributed by atoms with van der Waals surface area (Å²) in [6, 6.07) is 13.2. The van der Waals surface area contributed by atoms with Crippen LogP contribution in [-0.2, 0) is 4.79 Å². The molecule has 0 aliphatic heterocycles.